The van der Waals surface area contributed by atoms with Gasteiger partial charge in [-0.25, -0.2) is 0 Å². The predicted molar refractivity (Wildman–Crippen MR) is 79.1 cm³/mol. The fourth-order valence-corrected chi connectivity index (χ4v) is 3.79. The van der Waals surface area contributed by atoms with E-state index in [9.17, 15) is 4.79 Å². The van der Waals surface area contributed by atoms with E-state index in [0.717, 1.165) is 13.1 Å². The van der Waals surface area contributed by atoms with Gasteiger partial charge in [-0.2, -0.15) is 0 Å². The fourth-order valence-electron chi connectivity index (χ4n) is 3.79. The van der Waals surface area contributed by atoms with E-state index < -0.39 is 0 Å². The molecule has 19 heavy (non-hydrogen) atoms. The normalized spacial score (nSPS) is 23.8. The van der Waals surface area contributed by atoms with Gasteiger partial charge in [0.1, 0.15) is 0 Å². The van der Waals surface area contributed by atoms with Crippen LogP contribution in [0.2, 0.25) is 0 Å². The molecule has 110 valence electrons. The maximum atomic E-state index is 11.4. The maximum Gasteiger partial charge on any atom is 0.219 e. The molecule has 3 nitrogen and oxygen atoms in total. The van der Waals surface area contributed by atoms with Gasteiger partial charge < -0.3 is 9.80 Å². The molecule has 2 aliphatic rings. The molecule has 0 N–H and O–H groups in total. The van der Waals surface area contributed by atoms with Crippen LogP contribution in [0.3, 0.4) is 0 Å². The van der Waals surface area contributed by atoms with E-state index in [2.05, 4.69) is 11.8 Å². The van der Waals surface area contributed by atoms with Crippen LogP contribution < -0.4 is 0 Å². The third-order valence-corrected chi connectivity index (χ3v) is 5.09. The molecule has 0 unspecified atom stereocenters. The standard InChI is InChI=1S/C16H30N2O/c1-3-4-5-10-17-11-6-7-16(14-17)8-12-18(13-9-16)15(2)19/h3-14H2,1-2H3. The van der Waals surface area contributed by atoms with E-state index in [4.69, 9.17) is 0 Å². The molecular weight excluding hydrogens is 236 g/mol. The first-order valence-electron chi connectivity index (χ1n) is 8.13. The average Bonchev–Trinajstić information content (AvgIpc) is 2.40. The molecule has 0 bridgehead atoms. The molecule has 0 aromatic carbocycles. The van der Waals surface area contributed by atoms with Gasteiger partial charge in [-0.05, 0) is 50.6 Å². The highest BCUT2D eigenvalue weighted by Crippen LogP contribution is 2.39. The average molecular weight is 266 g/mol. The van der Waals surface area contributed by atoms with Crippen molar-refractivity contribution in [2.75, 3.05) is 32.7 Å². The van der Waals surface area contributed by atoms with Gasteiger partial charge >= 0.3 is 0 Å². The number of rotatable bonds is 4. The molecule has 0 aliphatic carbocycles. The molecule has 1 amide bonds. The van der Waals surface area contributed by atoms with E-state index in [1.807, 2.05) is 4.90 Å². The molecule has 0 aromatic heterocycles. The molecule has 0 atom stereocenters. The summed E-state index contributed by atoms with van der Waals surface area (Å²) < 4.78 is 0. The molecule has 3 heteroatoms. The van der Waals surface area contributed by atoms with E-state index in [0.29, 0.717) is 5.41 Å². The number of piperidine rings is 2. The molecule has 0 aromatic rings. The highest BCUT2D eigenvalue weighted by atomic mass is 16.2. The van der Waals surface area contributed by atoms with Crippen LogP contribution in [-0.4, -0.2) is 48.4 Å². The van der Waals surface area contributed by atoms with Crippen LogP contribution in [-0.2, 0) is 4.79 Å². The van der Waals surface area contributed by atoms with Crippen LogP contribution >= 0.6 is 0 Å². The first-order valence-corrected chi connectivity index (χ1v) is 8.13. The topological polar surface area (TPSA) is 23.6 Å². The molecule has 2 rings (SSSR count). The molecule has 2 fully saturated rings. The summed E-state index contributed by atoms with van der Waals surface area (Å²) >= 11 is 0. The summed E-state index contributed by atoms with van der Waals surface area (Å²) in [5.41, 5.74) is 0.524. The van der Waals surface area contributed by atoms with Gasteiger partial charge in [0.2, 0.25) is 5.91 Å². The minimum Gasteiger partial charge on any atom is -0.343 e. The second-order valence-electron chi connectivity index (χ2n) is 6.59. The van der Waals surface area contributed by atoms with Crippen LogP contribution in [0.25, 0.3) is 0 Å². The van der Waals surface area contributed by atoms with Crippen molar-refractivity contribution in [3.63, 3.8) is 0 Å². The van der Waals surface area contributed by atoms with Crippen molar-refractivity contribution in [1.82, 2.24) is 9.80 Å². The van der Waals surface area contributed by atoms with Gasteiger partial charge in [0.25, 0.3) is 0 Å². The number of hydrogen-bond acceptors (Lipinski definition) is 2. The molecule has 2 saturated heterocycles. The number of hydrogen-bond donors (Lipinski definition) is 0. The second kappa shape index (κ2) is 6.74. The third kappa shape index (κ3) is 3.95. The quantitative estimate of drug-likeness (QED) is 0.731. The summed E-state index contributed by atoms with van der Waals surface area (Å²) in [5.74, 6) is 0.255. The zero-order valence-electron chi connectivity index (χ0n) is 12.8. The number of unbranched alkanes of at least 4 members (excludes halogenated alkanes) is 2. The molecular formula is C16H30N2O. The van der Waals surface area contributed by atoms with Crippen molar-refractivity contribution in [1.29, 1.82) is 0 Å². The van der Waals surface area contributed by atoms with E-state index >= 15 is 0 Å². The smallest absolute Gasteiger partial charge is 0.219 e. The van der Waals surface area contributed by atoms with Crippen molar-refractivity contribution >= 4 is 5.91 Å². The molecule has 0 saturated carbocycles. The lowest BCUT2D eigenvalue weighted by molar-refractivity contribution is -0.131. The van der Waals surface area contributed by atoms with Gasteiger partial charge in [0.15, 0.2) is 0 Å². The lowest BCUT2D eigenvalue weighted by Crippen LogP contribution is -2.50. The van der Waals surface area contributed by atoms with Crippen molar-refractivity contribution in [3.05, 3.63) is 0 Å². The first kappa shape index (κ1) is 14.8. The molecule has 1 spiro atoms. The monoisotopic (exact) mass is 266 g/mol. The van der Waals surface area contributed by atoms with Gasteiger partial charge in [0.05, 0.1) is 0 Å². The van der Waals surface area contributed by atoms with Crippen molar-refractivity contribution in [3.8, 4) is 0 Å². The molecule has 0 radical (unpaired) electrons. The zero-order chi connectivity index (χ0) is 13.7. The Morgan fingerprint density at radius 2 is 1.84 bits per heavy atom. The Morgan fingerprint density at radius 3 is 2.47 bits per heavy atom. The highest BCUT2D eigenvalue weighted by Gasteiger charge is 2.38. The van der Waals surface area contributed by atoms with Gasteiger partial charge in [-0.15, -0.1) is 0 Å². The summed E-state index contributed by atoms with van der Waals surface area (Å²) in [4.78, 5) is 16.1. The van der Waals surface area contributed by atoms with Gasteiger partial charge in [-0.1, -0.05) is 19.8 Å². The van der Waals surface area contributed by atoms with Crippen LogP contribution in [0.15, 0.2) is 0 Å². The van der Waals surface area contributed by atoms with Crippen molar-refractivity contribution in [2.45, 2.75) is 58.8 Å². The van der Waals surface area contributed by atoms with Crippen LogP contribution in [0, 0.1) is 5.41 Å². The maximum absolute atomic E-state index is 11.4. The Bertz CT molecular complexity index is 295. The van der Waals surface area contributed by atoms with Crippen molar-refractivity contribution in [2.24, 2.45) is 5.41 Å². The number of likely N-dealkylation sites (tertiary alicyclic amines) is 2. The first-order chi connectivity index (χ1) is 9.15. The van der Waals surface area contributed by atoms with E-state index in [1.165, 1.54) is 64.6 Å². The van der Waals surface area contributed by atoms with E-state index in [1.54, 1.807) is 6.92 Å². The minimum atomic E-state index is 0.255. The fraction of sp³-hybridized carbons (Fsp3) is 0.938. The summed E-state index contributed by atoms with van der Waals surface area (Å²) in [6, 6.07) is 0. The number of nitrogens with zero attached hydrogens (tertiary/aromatic N) is 2. The Labute approximate surface area is 118 Å². The summed E-state index contributed by atoms with van der Waals surface area (Å²) in [6.07, 6.45) is 9.20. The Kier molecular flexibility index (Phi) is 5.26. The Morgan fingerprint density at radius 1 is 1.11 bits per heavy atom. The number of carbonyl (C=O) groups excluding carboxylic acids is 1. The lowest BCUT2D eigenvalue weighted by Gasteiger charge is -2.47. The second-order valence-corrected chi connectivity index (χ2v) is 6.59. The SMILES string of the molecule is CCCCCN1CCCC2(CCN(C(C)=O)CC2)C1. The van der Waals surface area contributed by atoms with Crippen LogP contribution in [0.1, 0.15) is 58.8 Å². The largest absolute Gasteiger partial charge is 0.343 e. The van der Waals surface area contributed by atoms with Crippen LogP contribution in [0.4, 0.5) is 0 Å². The Hall–Kier alpha value is -0.570. The van der Waals surface area contributed by atoms with Gasteiger partial charge in [0, 0.05) is 26.6 Å². The summed E-state index contributed by atoms with van der Waals surface area (Å²) in [5, 5.41) is 0. The van der Waals surface area contributed by atoms with E-state index in [-0.39, 0.29) is 5.91 Å². The molecule has 2 aliphatic heterocycles. The number of amides is 1. The van der Waals surface area contributed by atoms with Crippen LogP contribution in [0.5, 0.6) is 0 Å². The molecule has 2 heterocycles. The Balaban J connectivity index is 1.81. The predicted octanol–water partition coefficient (Wildman–Crippen LogP) is 2.90. The van der Waals surface area contributed by atoms with Crippen molar-refractivity contribution < 1.29 is 4.79 Å². The third-order valence-electron chi connectivity index (χ3n) is 5.09. The summed E-state index contributed by atoms with van der Waals surface area (Å²) in [6.45, 7) is 9.80. The number of carbonyl (C=O) groups is 1. The minimum absolute atomic E-state index is 0.255. The lowest BCUT2D eigenvalue weighted by atomic mass is 9.72. The highest BCUT2D eigenvalue weighted by molar-refractivity contribution is 5.73. The summed E-state index contributed by atoms with van der Waals surface area (Å²) in [7, 11) is 0. The zero-order valence-corrected chi connectivity index (χ0v) is 12.8. The van der Waals surface area contributed by atoms with Gasteiger partial charge in [-0.3, -0.25) is 4.79 Å².